The van der Waals surface area contributed by atoms with E-state index in [1.54, 1.807) is 7.11 Å². The number of rotatable bonds is 8. The second-order valence-corrected chi connectivity index (χ2v) is 5.68. The van der Waals surface area contributed by atoms with Crippen molar-refractivity contribution in [2.75, 3.05) is 20.3 Å². The number of hydrogen-bond donors (Lipinski definition) is 1. The van der Waals surface area contributed by atoms with Crippen LogP contribution in [0.1, 0.15) is 25.7 Å². The van der Waals surface area contributed by atoms with Crippen molar-refractivity contribution in [3.63, 3.8) is 0 Å². The van der Waals surface area contributed by atoms with Crippen LogP contribution in [0.15, 0.2) is 21.1 Å². The van der Waals surface area contributed by atoms with E-state index < -0.39 is 0 Å². The highest BCUT2D eigenvalue weighted by molar-refractivity contribution is 9.11. The zero-order chi connectivity index (χ0) is 13.4. The molecule has 1 aromatic carbocycles. The highest BCUT2D eigenvalue weighted by Gasteiger charge is 2.07. The first-order chi connectivity index (χ1) is 8.69. The predicted molar refractivity (Wildman–Crippen MR) is 81.4 cm³/mol. The standard InChI is InChI=1S/C13H19Br2NO2/c1-17-12-8-11(15)13(9-10(12)14)18-7-5-3-2-4-6-16/h8-9H,2-7,16H2,1H3. The fourth-order valence-electron chi connectivity index (χ4n) is 1.56. The highest BCUT2D eigenvalue weighted by Crippen LogP contribution is 2.36. The number of ether oxygens (including phenoxy) is 2. The van der Waals surface area contributed by atoms with Crippen molar-refractivity contribution in [2.45, 2.75) is 25.7 Å². The molecular formula is C13H19Br2NO2. The summed E-state index contributed by atoms with van der Waals surface area (Å²) in [4.78, 5) is 0. The van der Waals surface area contributed by atoms with Gasteiger partial charge in [0.25, 0.3) is 0 Å². The summed E-state index contributed by atoms with van der Waals surface area (Å²) in [5, 5.41) is 0. The van der Waals surface area contributed by atoms with E-state index in [9.17, 15) is 0 Å². The molecule has 0 atom stereocenters. The Morgan fingerprint density at radius 2 is 1.61 bits per heavy atom. The van der Waals surface area contributed by atoms with Crippen LogP contribution in [0.2, 0.25) is 0 Å². The number of hydrogen-bond acceptors (Lipinski definition) is 3. The Morgan fingerprint density at radius 1 is 1.00 bits per heavy atom. The van der Waals surface area contributed by atoms with E-state index in [4.69, 9.17) is 15.2 Å². The molecule has 1 rings (SSSR count). The van der Waals surface area contributed by atoms with Crippen molar-refractivity contribution in [2.24, 2.45) is 5.73 Å². The van der Waals surface area contributed by atoms with Crippen LogP contribution in [0.5, 0.6) is 11.5 Å². The molecule has 0 radical (unpaired) electrons. The number of methoxy groups -OCH3 is 1. The summed E-state index contributed by atoms with van der Waals surface area (Å²) in [5.74, 6) is 1.62. The lowest BCUT2D eigenvalue weighted by Crippen LogP contribution is -2.01. The number of halogens is 2. The third-order valence-corrected chi connectivity index (χ3v) is 3.80. The third kappa shape index (κ3) is 5.16. The second-order valence-electron chi connectivity index (χ2n) is 3.97. The molecule has 5 heteroatoms. The van der Waals surface area contributed by atoms with E-state index in [0.717, 1.165) is 52.9 Å². The van der Waals surface area contributed by atoms with Crippen LogP contribution in [-0.2, 0) is 0 Å². The molecule has 0 saturated heterocycles. The fourth-order valence-corrected chi connectivity index (χ4v) is 2.48. The average Bonchev–Trinajstić information content (AvgIpc) is 2.37. The molecule has 0 fully saturated rings. The van der Waals surface area contributed by atoms with Crippen molar-refractivity contribution < 1.29 is 9.47 Å². The lowest BCUT2D eigenvalue weighted by atomic mass is 10.2. The van der Waals surface area contributed by atoms with Crippen molar-refractivity contribution >= 4 is 31.9 Å². The Hall–Kier alpha value is -0.260. The molecule has 0 unspecified atom stereocenters. The molecule has 18 heavy (non-hydrogen) atoms. The van der Waals surface area contributed by atoms with Gasteiger partial charge in [0.15, 0.2) is 0 Å². The molecule has 3 nitrogen and oxygen atoms in total. The maximum atomic E-state index is 5.73. The van der Waals surface area contributed by atoms with E-state index >= 15 is 0 Å². The molecule has 0 aliphatic carbocycles. The van der Waals surface area contributed by atoms with Crippen molar-refractivity contribution in [1.29, 1.82) is 0 Å². The van der Waals surface area contributed by atoms with Gasteiger partial charge >= 0.3 is 0 Å². The second kappa shape index (κ2) is 8.77. The summed E-state index contributed by atoms with van der Waals surface area (Å²) in [5.41, 5.74) is 5.44. The molecule has 102 valence electrons. The molecule has 0 heterocycles. The van der Waals surface area contributed by atoms with Gasteiger partial charge in [0.05, 0.1) is 22.7 Å². The van der Waals surface area contributed by atoms with Crippen molar-refractivity contribution in [3.05, 3.63) is 21.1 Å². The van der Waals surface area contributed by atoms with E-state index in [1.165, 1.54) is 6.42 Å². The van der Waals surface area contributed by atoms with Crippen LogP contribution in [0, 0.1) is 0 Å². The minimum Gasteiger partial charge on any atom is -0.496 e. The van der Waals surface area contributed by atoms with E-state index in [0.29, 0.717) is 0 Å². The summed E-state index contributed by atoms with van der Waals surface area (Å²) in [7, 11) is 1.64. The number of benzene rings is 1. The van der Waals surface area contributed by atoms with Crippen molar-refractivity contribution in [3.8, 4) is 11.5 Å². The zero-order valence-corrected chi connectivity index (χ0v) is 13.7. The molecule has 0 saturated carbocycles. The molecule has 0 aliphatic heterocycles. The minimum atomic E-state index is 0.724. The fraction of sp³-hybridized carbons (Fsp3) is 0.538. The number of nitrogens with two attached hydrogens (primary N) is 1. The normalized spacial score (nSPS) is 10.4. The smallest absolute Gasteiger partial charge is 0.134 e. The van der Waals surface area contributed by atoms with Gasteiger partial charge in [0, 0.05) is 0 Å². The summed E-state index contributed by atoms with van der Waals surface area (Å²) in [6.45, 7) is 1.50. The average molecular weight is 381 g/mol. The molecule has 0 amide bonds. The Bertz CT molecular complexity index is 372. The molecular weight excluding hydrogens is 362 g/mol. The molecule has 0 bridgehead atoms. The maximum Gasteiger partial charge on any atom is 0.134 e. The van der Waals surface area contributed by atoms with Gasteiger partial charge in [0.2, 0.25) is 0 Å². The lowest BCUT2D eigenvalue weighted by molar-refractivity contribution is 0.302. The van der Waals surface area contributed by atoms with Gasteiger partial charge in [0.1, 0.15) is 11.5 Å². The van der Waals surface area contributed by atoms with Gasteiger partial charge in [-0.15, -0.1) is 0 Å². The Kier molecular flexibility index (Phi) is 7.70. The molecule has 0 aliphatic rings. The van der Waals surface area contributed by atoms with E-state index in [2.05, 4.69) is 31.9 Å². The summed E-state index contributed by atoms with van der Waals surface area (Å²) >= 11 is 6.92. The van der Waals surface area contributed by atoms with Crippen LogP contribution in [-0.4, -0.2) is 20.3 Å². The van der Waals surface area contributed by atoms with Crippen LogP contribution < -0.4 is 15.2 Å². The first kappa shape index (κ1) is 15.8. The summed E-state index contributed by atoms with van der Waals surface area (Å²) in [6, 6.07) is 3.82. The van der Waals surface area contributed by atoms with Gasteiger partial charge in [-0.1, -0.05) is 12.8 Å². The molecule has 0 aromatic heterocycles. The van der Waals surface area contributed by atoms with Gasteiger partial charge in [-0.2, -0.15) is 0 Å². The Morgan fingerprint density at radius 3 is 2.28 bits per heavy atom. The summed E-state index contributed by atoms with van der Waals surface area (Å²) < 4.78 is 12.7. The first-order valence-corrected chi connectivity index (χ1v) is 7.63. The largest absolute Gasteiger partial charge is 0.496 e. The third-order valence-electron chi connectivity index (χ3n) is 2.56. The van der Waals surface area contributed by atoms with Crippen LogP contribution >= 0.6 is 31.9 Å². The Balaban J connectivity index is 2.40. The van der Waals surface area contributed by atoms with E-state index in [-0.39, 0.29) is 0 Å². The quantitative estimate of drug-likeness (QED) is 0.690. The monoisotopic (exact) mass is 379 g/mol. The van der Waals surface area contributed by atoms with Gasteiger partial charge < -0.3 is 15.2 Å². The summed E-state index contributed by atoms with van der Waals surface area (Å²) in [6.07, 6.45) is 4.48. The Labute approximate surface area is 125 Å². The van der Waals surface area contributed by atoms with E-state index in [1.807, 2.05) is 12.1 Å². The zero-order valence-electron chi connectivity index (χ0n) is 10.5. The van der Waals surface area contributed by atoms with Crippen LogP contribution in [0.4, 0.5) is 0 Å². The number of unbranched alkanes of at least 4 members (excludes halogenated alkanes) is 3. The van der Waals surface area contributed by atoms with Gasteiger partial charge in [-0.25, -0.2) is 0 Å². The SMILES string of the molecule is COc1cc(Br)c(OCCCCCCN)cc1Br. The molecule has 2 N–H and O–H groups in total. The molecule has 0 spiro atoms. The maximum absolute atomic E-state index is 5.73. The van der Waals surface area contributed by atoms with Crippen molar-refractivity contribution in [1.82, 2.24) is 0 Å². The first-order valence-electron chi connectivity index (χ1n) is 6.05. The van der Waals surface area contributed by atoms with Gasteiger partial charge in [-0.05, 0) is 63.4 Å². The van der Waals surface area contributed by atoms with Crippen LogP contribution in [0.25, 0.3) is 0 Å². The highest BCUT2D eigenvalue weighted by atomic mass is 79.9. The predicted octanol–water partition coefficient (Wildman–Crippen LogP) is 4.12. The molecule has 1 aromatic rings. The lowest BCUT2D eigenvalue weighted by Gasteiger charge is -2.11. The topological polar surface area (TPSA) is 44.5 Å². The van der Waals surface area contributed by atoms with Gasteiger partial charge in [-0.3, -0.25) is 0 Å². The van der Waals surface area contributed by atoms with Crippen LogP contribution in [0.3, 0.4) is 0 Å². The minimum absolute atomic E-state index is 0.724.